The van der Waals surface area contributed by atoms with Crippen LogP contribution >= 0.6 is 35.0 Å². The zero-order valence-corrected chi connectivity index (χ0v) is 12.9. The molecule has 0 fully saturated rings. The molecule has 0 saturated heterocycles. The number of carbonyl (C=O) groups excluding carboxylic acids is 1. The van der Waals surface area contributed by atoms with Crippen molar-refractivity contribution < 1.29 is 4.79 Å². The van der Waals surface area contributed by atoms with Crippen molar-refractivity contribution >= 4 is 46.6 Å². The third-order valence-electron chi connectivity index (χ3n) is 2.60. The molecule has 2 rings (SSSR count). The molecule has 1 amide bonds. The number of hydrogen-bond donors (Lipinski definition) is 1. The number of benzene rings is 2. The molecule has 1 N–H and O–H groups in total. The van der Waals surface area contributed by atoms with E-state index in [-0.39, 0.29) is 5.91 Å². The number of carbonyl (C=O) groups is 1. The minimum Gasteiger partial charge on any atom is -0.324 e. The van der Waals surface area contributed by atoms with Crippen LogP contribution in [0.1, 0.15) is 5.56 Å². The van der Waals surface area contributed by atoms with Crippen LogP contribution in [-0.2, 0) is 10.5 Å². The molecule has 0 aliphatic rings. The van der Waals surface area contributed by atoms with Crippen LogP contribution in [-0.4, -0.2) is 11.7 Å². The summed E-state index contributed by atoms with van der Waals surface area (Å²) in [4.78, 5) is 11.8. The van der Waals surface area contributed by atoms with E-state index in [4.69, 9.17) is 23.2 Å². The zero-order chi connectivity index (χ0) is 14.4. The molecule has 0 aliphatic carbocycles. The number of rotatable bonds is 5. The van der Waals surface area contributed by atoms with Crippen molar-refractivity contribution in [3.63, 3.8) is 0 Å². The summed E-state index contributed by atoms with van der Waals surface area (Å²) in [5.41, 5.74) is 1.67. The van der Waals surface area contributed by atoms with E-state index < -0.39 is 0 Å². The summed E-state index contributed by atoms with van der Waals surface area (Å²) in [6.07, 6.45) is 0. The second-order valence-corrected chi connectivity index (χ2v) is 5.91. The lowest BCUT2D eigenvalue weighted by molar-refractivity contribution is -0.113. The molecular weight excluding hydrogens is 313 g/mol. The number of hydrogen-bond acceptors (Lipinski definition) is 2. The van der Waals surface area contributed by atoms with Crippen LogP contribution in [0.3, 0.4) is 0 Å². The fourth-order valence-electron chi connectivity index (χ4n) is 1.62. The van der Waals surface area contributed by atoms with Gasteiger partial charge in [0.05, 0.1) is 16.5 Å². The lowest BCUT2D eigenvalue weighted by atomic mass is 10.2. The molecular formula is C15H13Cl2NOS. The van der Waals surface area contributed by atoms with Crippen LogP contribution in [0.4, 0.5) is 5.69 Å². The Morgan fingerprint density at radius 2 is 1.65 bits per heavy atom. The van der Waals surface area contributed by atoms with E-state index in [2.05, 4.69) is 5.32 Å². The molecule has 0 heterocycles. The highest BCUT2D eigenvalue weighted by Gasteiger charge is 2.06. The Bertz CT molecular complexity index is 604. The van der Waals surface area contributed by atoms with Gasteiger partial charge in [0, 0.05) is 10.8 Å². The summed E-state index contributed by atoms with van der Waals surface area (Å²) in [5, 5.41) is 4.05. The highest BCUT2D eigenvalue weighted by molar-refractivity contribution is 7.99. The molecule has 0 unspecified atom stereocenters. The molecule has 0 spiro atoms. The Morgan fingerprint density at radius 1 is 1.00 bits per heavy atom. The van der Waals surface area contributed by atoms with Crippen LogP contribution < -0.4 is 5.32 Å². The first-order valence-corrected chi connectivity index (χ1v) is 7.93. The SMILES string of the molecule is O=C(CSCc1ccccc1Cl)Nc1ccccc1Cl. The number of nitrogens with one attached hydrogen (secondary N) is 1. The van der Waals surface area contributed by atoms with Gasteiger partial charge in [-0.2, -0.15) is 0 Å². The maximum atomic E-state index is 11.8. The first-order valence-electron chi connectivity index (χ1n) is 6.02. The monoisotopic (exact) mass is 325 g/mol. The van der Waals surface area contributed by atoms with E-state index >= 15 is 0 Å². The molecule has 2 aromatic rings. The number of para-hydroxylation sites is 1. The Morgan fingerprint density at radius 3 is 2.35 bits per heavy atom. The average molecular weight is 326 g/mol. The van der Waals surface area contributed by atoms with E-state index in [1.807, 2.05) is 36.4 Å². The quantitative estimate of drug-likeness (QED) is 0.850. The van der Waals surface area contributed by atoms with E-state index in [0.717, 1.165) is 10.6 Å². The van der Waals surface area contributed by atoms with Crippen molar-refractivity contribution in [2.45, 2.75) is 5.75 Å². The normalized spacial score (nSPS) is 10.3. The van der Waals surface area contributed by atoms with Crippen LogP contribution in [0.2, 0.25) is 10.0 Å². The van der Waals surface area contributed by atoms with E-state index in [9.17, 15) is 4.79 Å². The Kier molecular flexibility index (Phi) is 5.77. The largest absolute Gasteiger partial charge is 0.324 e. The van der Waals surface area contributed by atoms with Crippen LogP contribution in [0.25, 0.3) is 0 Å². The molecule has 104 valence electrons. The molecule has 2 nitrogen and oxygen atoms in total. The van der Waals surface area contributed by atoms with Gasteiger partial charge >= 0.3 is 0 Å². The van der Waals surface area contributed by atoms with Gasteiger partial charge in [-0.25, -0.2) is 0 Å². The highest BCUT2D eigenvalue weighted by atomic mass is 35.5. The van der Waals surface area contributed by atoms with Crippen molar-refractivity contribution in [2.24, 2.45) is 0 Å². The van der Waals surface area contributed by atoms with Gasteiger partial charge in [-0.1, -0.05) is 53.5 Å². The predicted molar refractivity (Wildman–Crippen MR) is 87.7 cm³/mol. The third kappa shape index (κ3) is 4.44. The minimum atomic E-state index is -0.0739. The Labute approximate surface area is 132 Å². The second kappa shape index (κ2) is 7.58. The predicted octanol–water partition coefficient (Wildman–Crippen LogP) is 4.87. The van der Waals surface area contributed by atoms with Crippen molar-refractivity contribution in [3.8, 4) is 0 Å². The summed E-state index contributed by atoms with van der Waals surface area (Å²) in [5.74, 6) is 0.988. The van der Waals surface area contributed by atoms with Gasteiger partial charge < -0.3 is 5.32 Å². The van der Waals surface area contributed by atoms with Crippen molar-refractivity contribution in [1.82, 2.24) is 0 Å². The summed E-state index contributed by atoms with van der Waals surface area (Å²) in [7, 11) is 0. The number of amides is 1. The third-order valence-corrected chi connectivity index (χ3v) is 4.28. The summed E-state index contributed by atoms with van der Waals surface area (Å²) >= 11 is 13.6. The number of thioether (sulfide) groups is 1. The molecule has 20 heavy (non-hydrogen) atoms. The maximum absolute atomic E-state index is 11.8. The second-order valence-electron chi connectivity index (χ2n) is 4.11. The van der Waals surface area contributed by atoms with Gasteiger partial charge in [0.2, 0.25) is 5.91 Å². The van der Waals surface area contributed by atoms with Gasteiger partial charge in [-0.15, -0.1) is 11.8 Å². The van der Waals surface area contributed by atoms with Gasteiger partial charge in [0.25, 0.3) is 0 Å². The van der Waals surface area contributed by atoms with Gasteiger partial charge in [-0.05, 0) is 23.8 Å². The summed E-state index contributed by atoms with van der Waals surface area (Å²) in [6.45, 7) is 0. The van der Waals surface area contributed by atoms with Crippen molar-refractivity contribution in [2.75, 3.05) is 11.1 Å². The average Bonchev–Trinajstić information content (AvgIpc) is 2.43. The molecule has 0 radical (unpaired) electrons. The standard InChI is InChI=1S/C15H13Cl2NOS/c16-12-6-2-1-5-11(12)9-20-10-15(19)18-14-8-4-3-7-13(14)17/h1-8H,9-10H2,(H,18,19). The molecule has 0 saturated carbocycles. The number of anilines is 1. The first kappa shape index (κ1) is 15.2. The van der Waals surface area contributed by atoms with E-state index in [1.54, 1.807) is 12.1 Å². The lowest BCUT2D eigenvalue weighted by Gasteiger charge is -2.07. The minimum absolute atomic E-state index is 0.0739. The molecule has 0 aromatic heterocycles. The Balaban J connectivity index is 1.82. The van der Waals surface area contributed by atoms with Crippen molar-refractivity contribution in [3.05, 3.63) is 64.1 Å². The van der Waals surface area contributed by atoms with Gasteiger partial charge in [0.1, 0.15) is 0 Å². The fraction of sp³-hybridized carbons (Fsp3) is 0.133. The van der Waals surface area contributed by atoms with Crippen LogP contribution in [0, 0.1) is 0 Å². The highest BCUT2D eigenvalue weighted by Crippen LogP contribution is 2.22. The zero-order valence-electron chi connectivity index (χ0n) is 10.6. The van der Waals surface area contributed by atoms with Gasteiger partial charge in [-0.3, -0.25) is 4.79 Å². The molecule has 0 bridgehead atoms. The molecule has 0 aliphatic heterocycles. The molecule has 0 atom stereocenters. The smallest absolute Gasteiger partial charge is 0.234 e. The van der Waals surface area contributed by atoms with Crippen LogP contribution in [0.5, 0.6) is 0 Å². The molecule has 5 heteroatoms. The molecule has 2 aromatic carbocycles. The van der Waals surface area contributed by atoms with Crippen molar-refractivity contribution in [1.29, 1.82) is 0 Å². The van der Waals surface area contributed by atoms with E-state index in [1.165, 1.54) is 11.8 Å². The maximum Gasteiger partial charge on any atom is 0.234 e. The summed E-state index contributed by atoms with van der Waals surface area (Å²) < 4.78 is 0. The lowest BCUT2D eigenvalue weighted by Crippen LogP contribution is -2.14. The number of halogens is 2. The topological polar surface area (TPSA) is 29.1 Å². The summed E-state index contributed by atoms with van der Waals surface area (Å²) in [6, 6.07) is 14.8. The Hall–Kier alpha value is -1.16. The van der Waals surface area contributed by atoms with E-state index in [0.29, 0.717) is 22.2 Å². The van der Waals surface area contributed by atoms with Crippen LogP contribution in [0.15, 0.2) is 48.5 Å². The first-order chi connectivity index (χ1) is 9.66. The fourth-order valence-corrected chi connectivity index (χ4v) is 2.91. The van der Waals surface area contributed by atoms with Gasteiger partial charge in [0.15, 0.2) is 0 Å².